The molecule has 0 saturated carbocycles. The molecule has 0 amide bonds. The number of rotatable bonds is 6. The highest BCUT2D eigenvalue weighted by molar-refractivity contribution is 9.10. The highest BCUT2D eigenvalue weighted by Crippen LogP contribution is 2.19. The Bertz CT molecular complexity index is 516. The van der Waals surface area contributed by atoms with Gasteiger partial charge in [-0.25, -0.2) is 0 Å². The molecule has 0 aliphatic rings. The summed E-state index contributed by atoms with van der Waals surface area (Å²) in [5, 5.41) is 10.1. The van der Waals surface area contributed by atoms with Crippen LogP contribution in [0.15, 0.2) is 53.3 Å². The van der Waals surface area contributed by atoms with Gasteiger partial charge in [0.05, 0.1) is 6.10 Å². The van der Waals surface area contributed by atoms with Crippen molar-refractivity contribution < 1.29 is 9.84 Å². The van der Waals surface area contributed by atoms with Crippen molar-refractivity contribution in [2.75, 3.05) is 0 Å². The van der Waals surface area contributed by atoms with Gasteiger partial charge in [0, 0.05) is 16.9 Å². The molecular weight excluding hydrogens is 318 g/mol. The van der Waals surface area contributed by atoms with E-state index in [0.717, 1.165) is 22.2 Å². The molecule has 0 spiro atoms. The Morgan fingerprint density at radius 2 is 2.00 bits per heavy atom. The molecule has 2 aromatic rings. The third kappa shape index (κ3) is 4.62. The van der Waals surface area contributed by atoms with Crippen molar-refractivity contribution in [2.24, 2.45) is 0 Å². The smallest absolute Gasteiger partial charge is 0.122 e. The zero-order chi connectivity index (χ0) is 14.4. The highest BCUT2D eigenvalue weighted by Gasteiger charge is 2.15. The minimum absolute atomic E-state index is 0.243. The summed E-state index contributed by atoms with van der Waals surface area (Å²) in [4.78, 5) is 4.07. The number of nitrogens with zero attached hydrogens (tertiary/aromatic N) is 1. The van der Waals surface area contributed by atoms with E-state index < -0.39 is 6.10 Å². The Labute approximate surface area is 127 Å². The number of pyridine rings is 1. The van der Waals surface area contributed by atoms with Gasteiger partial charge in [-0.3, -0.25) is 4.98 Å². The summed E-state index contributed by atoms with van der Waals surface area (Å²) in [6, 6.07) is 11.5. The summed E-state index contributed by atoms with van der Waals surface area (Å²) in [6.07, 6.45) is 4.28. The van der Waals surface area contributed by atoms with Crippen molar-refractivity contribution in [1.29, 1.82) is 0 Å². The van der Waals surface area contributed by atoms with Crippen LogP contribution in [0.2, 0.25) is 0 Å². The van der Waals surface area contributed by atoms with Gasteiger partial charge in [-0.05, 0) is 55.7 Å². The summed E-state index contributed by atoms with van der Waals surface area (Å²) in [6.45, 7) is 1.88. The Morgan fingerprint density at radius 1 is 1.25 bits per heavy atom. The van der Waals surface area contributed by atoms with Crippen molar-refractivity contribution in [3.63, 3.8) is 0 Å². The molecule has 0 saturated heterocycles. The number of benzene rings is 1. The molecule has 0 aliphatic heterocycles. The molecule has 106 valence electrons. The topological polar surface area (TPSA) is 42.4 Å². The normalized spacial score (nSPS) is 13.8. The van der Waals surface area contributed by atoms with Crippen LogP contribution in [-0.4, -0.2) is 22.3 Å². The highest BCUT2D eigenvalue weighted by atomic mass is 79.9. The van der Waals surface area contributed by atoms with Gasteiger partial charge in [-0.1, -0.05) is 22.0 Å². The lowest BCUT2D eigenvalue weighted by Gasteiger charge is -2.20. The SMILES string of the molecule is C[C@@H](Oc1ccc(Br)cc1)C(O)CCc1cccnc1. The van der Waals surface area contributed by atoms with Crippen LogP contribution in [0.25, 0.3) is 0 Å². The predicted molar refractivity (Wildman–Crippen MR) is 82.8 cm³/mol. The van der Waals surface area contributed by atoms with Gasteiger partial charge in [0.1, 0.15) is 11.9 Å². The van der Waals surface area contributed by atoms with Crippen molar-refractivity contribution in [3.05, 3.63) is 58.8 Å². The minimum atomic E-state index is -0.501. The van der Waals surface area contributed by atoms with Gasteiger partial charge >= 0.3 is 0 Å². The van der Waals surface area contributed by atoms with Crippen LogP contribution in [-0.2, 0) is 6.42 Å². The number of ether oxygens (including phenoxy) is 1. The van der Waals surface area contributed by atoms with E-state index >= 15 is 0 Å². The molecular formula is C16H18BrNO2. The summed E-state index contributed by atoms with van der Waals surface area (Å²) >= 11 is 3.38. The molecule has 4 heteroatoms. The monoisotopic (exact) mass is 335 g/mol. The molecule has 3 nitrogen and oxygen atoms in total. The second kappa shape index (κ2) is 7.41. The second-order valence-corrected chi connectivity index (χ2v) is 5.66. The molecule has 2 rings (SSSR count). The molecule has 2 atom stereocenters. The number of hydrogen-bond donors (Lipinski definition) is 1. The molecule has 1 aromatic carbocycles. The molecule has 0 bridgehead atoms. The van der Waals surface area contributed by atoms with Gasteiger partial charge in [-0.2, -0.15) is 0 Å². The Morgan fingerprint density at radius 3 is 2.65 bits per heavy atom. The zero-order valence-electron chi connectivity index (χ0n) is 11.4. The first-order valence-electron chi connectivity index (χ1n) is 6.64. The minimum Gasteiger partial charge on any atom is -0.488 e. The molecule has 20 heavy (non-hydrogen) atoms. The first kappa shape index (κ1) is 15.0. The first-order chi connectivity index (χ1) is 9.65. The van der Waals surface area contributed by atoms with Crippen LogP contribution in [0.5, 0.6) is 5.75 Å². The summed E-state index contributed by atoms with van der Waals surface area (Å²) in [5.41, 5.74) is 1.13. The molecule has 0 radical (unpaired) electrons. The van der Waals surface area contributed by atoms with E-state index in [2.05, 4.69) is 20.9 Å². The fraction of sp³-hybridized carbons (Fsp3) is 0.312. The summed E-state index contributed by atoms with van der Waals surface area (Å²) < 4.78 is 6.74. The third-order valence-corrected chi connectivity index (χ3v) is 3.66. The van der Waals surface area contributed by atoms with Crippen LogP contribution >= 0.6 is 15.9 Å². The summed E-state index contributed by atoms with van der Waals surface area (Å²) in [5.74, 6) is 0.765. The number of halogens is 1. The average Bonchev–Trinajstić information content (AvgIpc) is 2.48. The van der Waals surface area contributed by atoms with E-state index in [4.69, 9.17) is 4.74 Å². The average molecular weight is 336 g/mol. The lowest BCUT2D eigenvalue weighted by molar-refractivity contribution is 0.0420. The molecule has 1 aromatic heterocycles. The van der Waals surface area contributed by atoms with Gasteiger partial charge in [0.15, 0.2) is 0 Å². The fourth-order valence-electron chi connectivity index (χ4n) is 1.90. The van der Waals surface area contributed by atoms with Crippen LogP contribution in [0.4, 0.5) is 0 Å². The van der Waals surface area contributed by atoms with Gasteiger partial charge in [-0.15, -0.1) is 0 Å². The largest absolute Gasteiger partial charge is 0.488 e. The maximum atomic E-state index is 10.1. The Hall–Kier alpha value is -1.39. The molecule has 0 fully saturated rings. The number of aliphatic hydroxyl groups excluding tert-OH is 1. The quantitative estimate of drug-likeness (QED) is 0.876. The van der Waals surface area contributed by atoms with E-state index in [0.29, 0.717) is 6.42 Å². The van der Waals surface area contributed by atoms with E-state index in [9.17, 15) is 5.11 Å². The van der Waals surface area contributed by atoms with Crippen molar-refractivity contribution in [2.45, 2.75) is 32.0 Å². The van der Waals surface area contributed by atoms with E-state index in [-0.39, 0.29) is 6.10 Å². The summed E-state index contributed by atoms with van der Waals surface area (Å²) in [7, 11) is 0. The van der Waals surface area contributed by atoms with Gasteiger partial charge in [0.25, 0.3) is 0 Å². The second-order valence-electron chi connectivity index (χ2n) is 4.74. The lowest BCUT2D eigenvalue weighted by atomic mass is 10.1. The predicted octanol–water partition coefficient (Wildman–Crippen LogP) is 3.61. The van der Waals surface area contributed by atoms with Gasteiger partial charge < -0.3 is 9.84 Å². The maximum Gasteiger partial charge on any atom is 0.122 e. The van der Waals surface area contributed by atoms with Crippen molar-refractivity contribution >= 4 is 15.9 Å². The van der Waals surface area contributed by atoms with E-state index in [1.165, 1.54) is 0 Å². The molecule has 0 aliphatic carbocycles. The fourth-order valence-corrected chi connectivity index (χ4v) is 2.17. The van der Waals surface area contributed by atoms with E-state index in [1.54, 1.807) is 6.20 Å². The van der Waals surface area contributed by atoms with Crippen molar-refractivity contribution in [1.82, 2.24) is 4.98 Å². The standard InChI is InChI=1S/C16H18BrNO2/c1-12(20-15-7-5-14(17)6-8-15)16(19)9-4-13-3-2-10-18-11-13/h2-3,5-8,10-12,16,19H,4,9H2,1H3/t12-,16?/m1/s1. The number of aryl methyl sites for hydroxylation is 1. The van der Waals surface area contributed by atoms with Crippen LogP contribution in [0, 0.1) is 0 Å². The van der Waals surface area contributed by atoms with Crippen LogP contribution in [0.3, 0.4) is 0 Å². The van der Waals surface area contributed by atoms with Crippen LogP contribution < -0.4 is 4.74 Å². The number of aromatic nitrogens is 1. The van der Waals surface area contributed by atoms with E-state index in [1.807, 2.05) is 49.5 Å². The molecule has 1 N–H and O–H groups in total. The molecule has 1 heterocycles. The van der Waals surface area contributed by atoms with Gasteiger partial charge in [0.2, 0.25) is 0 Å². The Balaban J connectivity index is 1.82. The maximum absolute atomic E-state index is 10.1. The van der Waals surface area contributed by atoms with Crippen molar-refractivity contribution in [3.8, 4) is 5.75 Å². The lowest BCUT2D eigenvalue weighted by Crippen LogP contribution is -2.29. The number of aliphatic hydroxyl groups is 1. The third-order valence-electron chi connectivity index (χ3n) is 3.13. The van der Waals surface area contributed by atoms with Crippen LogP contribution in [0.1, 0.15) is 18.9 Å². The number of hydrogen-bond acceptors (Lipinski definition) is 3. The molecule has 1 unspecified atom stereocenters. The first-order valence-corrected chi connectivity index (χ1v) is 7.43. The zero-order valence-corrected chi connectivity index (χ0v) is 13.0. The Kier molecular flexibility index (Phi) is 5.56.